The van der Waals surface area contributed by atoms with Crippen molar-refractivity contribution in [3.63, 3.8) is 0 Å². The molecule has 1 aromatic heterocycles. The highest BCUT2D eigenvalue weighted by atomic mass is 16.5. The van der Waals surface area contributed by atoms with Crippen molar-refractivity contribution in [2.24, 2.45) is 0 Å². The number of aromatic amines is 1. The van der Waals surface area contributed by atoms with Crippen LogP contribution in [0.25, 0.3) is 17.0 Å². The molecule has 0 spiro atoms. The van der Waals surface area contributed by atoms with E-state index in [9.17, 15) is 9.59 Å². The van der Waals surface area contributed by atoms with E-state index < -0.39 is 6.09 Å². The van der Waals surface area contributed by atoms with E-state index in [4.69, 9.17) is 9.47 Å². The molecule has 0 bridgehead atoms. The number of fused-ring (bicyclic) bond motifs is 1. The maximum atomic E-state index is 11.7. The summed E-state index contributed by atoms with van der Waals surface area (Å²) in [6, 6.07) is 14.8. The fourth-order valence-electron chi connectivity index (χ4n) is 2.63. The number of ether oxygens (including phenoxy) is 2. The molecule has 0 radical (unpaired) electrons. The molecule has 138 valence electrons. The predicted octanol–water partition coefficient (Wildman–Crippen LogP) is 3.89. The molecule has 0 fully saturated rings. The summed E-state index contributed by atoms with van der Waals surface area (Å²) in [5.74, 6) is -0.373. The molecule has 0 aliphatic carbocycles. The number of hydrogen-bond acceptors (Lipinski definition) is 4. The van der Waals surface area contributed by atoms with Crippen LogP contribution in [0.2, 0.25) is 0 Å². The van der Waals surface area contributed by atoms with Gasteiger partial charge in [0.1, 0.15) is 6.61 Å². The topological polar surface area (TPSA) is 80.4 Å². The lowest BCUT2D eigenvalue weighted by molar-refractivity contribution is 0.0601. The Balaban J connectivity index is 1.52. The van der Waals surface area contributed by atoms with Crippen molar-refractivity contribution in [3.05, 3.63) is 77.5 Å². The first-order valence-electron chi connectivity index (χ1n) is 8.48. The van der Waals surface area contributed by atoms with Crippen LogP contribution >= 0.6 is 0 Å². The smallest absolute Gasteiger partial charge is 0.407 e. The van der Waals surface area contributed by atoms with Crippen LogP contribution in [-0.2, 0) is 16.1 Å². The molecular formula is C21H20N2O4. The summed E-state index contributed by atoms with van der Waals surface area (Å²) in [6.45, 7) is 0.585. The third-order valence-electron chi connectivity index (χ3n) is 4.01. The molecule has 0 saturated carbocycles. The predicted molar refractivity (Wildman–Crippen MR) is 103 cm³/mol. The molecule has 2 aromatic carbocycles. The summed E-state index contributed by atoms with van der Waals surface area (Å²) in [7, 11) is 1.35. The maximum absolute atomic E-state index is 11.7. The number of benzene rings is 2. The number of rotatable bonds is 6. The molecule has 0 saturated heterocycles. The average Bonchev–Trinajstić information content (AvgIpc) is 3.12. The van der Waals surface area contributed by atoms with Crippen molar-refractivity contribution in [2.45, 2.75) is 6.61 Å². The Kier molecular flexibility index (Phi) is 5.89. The van der Waals surface area contributed by atoms with Crippen molar-refractivity contribution in [1.29, 1.82) is 0 Å². The van der Waals surface area contributed by atoms with Gasteiger partial charge in [-0.25, -0.2) is 9.59 Å². The Morgan fingerprint density at radius 2 is 1.96 bits per heavy atom. The van der Waals surface area contributed by atoms with Gasteiger partial charge in [0, 0.05) is 23.6 Å². The molecule has 0 unspecified atom stereocenters. The van der Waals surface area contributed by atoms with Crippen LogP contribution in [0.3, 0.4) is 0 Å². The van der Waals surface area contributed by atoms with E-state index in [0.717, 1.165) is 22.0 Å². The number of methoxy groups -OCH3 is 1. The Labute approximate surface area is 156 Å². The molecule has 0 aliphatic heterocycles. The molecule has 6 nitrogen and oxygen atoms in total. The lowest BCUT2D eigenvalue weighted by Gasteiger charge is -2.05. The first-order valence-corrected chi connectivity index (χ1v) is 8.48. The normalized spacial score (nSPS) is 10.9. The number of alkyl carbamates (subject to hydrolysis) is 1. The third kappa shape index (κ3) is 4.76. The van der Waals surface area contributed by atoms with Gasteiger partial charge in [-0.1, -0.05) is 48.6 Å². The summed E-state index contributed by atoms with van der Waals surface area (Å²) in [6.07, 6.45) is 5.11. The molecule has 3 aromatic rings. The molecular weight excluding hydrogens is 344 g/mol. The minimum atomic E-state index is -0.467. The van der Waals surface area contributed by atoms with Gasteiger partial charge in [0.25, 0.3) is 0 Å². The zero-order valence-electron chi connectivity index (χ0n) is 14.9. The zero-order chi connectivity index (χ0) is 19.1. The molecule has 1 heterocycles. The van der Waals surface area contributed by atoms with Gasteiger partial charge in [-0.05, 0) is 23.3 Å². The number of carbonyl (C=O) groups excluding carboxylic acids is 2. The molecule has 6 heteroatoms. The second-order valence-electron chi connectivity index (χ2n) is 5.84. The van der Waals surface area contributed by atoms with E-state index in [1.807, 2.05) is 54.7 Å². The van der Waals surface area contributed by atoms with Gasteiger partial charge < -0.3 is 19.8 Å². The second kappa shape index (κ2) is 8.71. The second-order valence-corrected chi connectivity index (χ2v) is 5.84. The third-order valence-corrected chi connectivity index (χ3v) is 4.01. The standard InChI is InChI=1S/C21H20N2O4/c1-26-20(24)16-9-10-18-17(13-23-19(18)12-16)8-5-11-22-21(25)27-14-15-6-3-2-4-7-15/h2-10,12-13,23H,11,14H2,1H3,(H,22,25). The Hall–Kier alpha value is -3.54. The first-order chi connectivity index (χ1) is 13.2. The van der Waals surface area contributed by atoms with Crippen molar-refractivity contribution in [2.75, 3.05) is 13.7 Å². The van der Waals surface area contributed by atoms with Crippen LogP contribution in [0.4, 0.5) is 4.79 Å². The molecule has 0 aliphatic rings. The number of carbonyl (C=O) groups is 2. The largest absolute Gasteiger partial charge is 0.465 e. The van der Waals surface area contributed by atoms with Gasteiger partial charge >= 0.3 is 12.1 Å². The molecule has 1 amide bonds. The van der Waals surface area contributed by atoms with Crippen LogP contribution in [0.5, 0.6) is 0 Å². The van der Waals surface area contributed by atoms with Crippen LogP contribution in [0.15, 0.2) is 60.8 Å². The number of amides is 1. The van der Waals surface area contributed by atoms with Gasteiger partial charge in [0.05, 0.1) is 12.7 Å². The summed E-state index contributed by atoms with van der Waals surface area (Å²) < 4.78 is 9.87. The van der Waals surface area contributed by atoms with Crippen LogP contribution in [-0.4, -0.2) is 30.7 Å². The number of aromatic nitrogens is 1. The lowest BCUT2D eigenvalue weighted by Crippen LogP contribution is -2.24. The highest BCUT2D eigenvalue weighted by molar-refractivity contribution is 5.97. The quantitative estimate of drug-likeness (QED) is 0.650. The molecule has 2 N–H and O–H groups in total. The van der Waals surface area contributed by atoms with Gasteiger partial charge in [-0.15, -0.1) is 0 Å². The Morgan fingerprint density at radius 1 is 1.15 bits per heavy atom. The summed E-state index contributed by atoms with van der Waals surface area (Å²) >= 11 is 0. The summed E-state index contributed by atoms with van der Waals surface area (Å²) in [4.78, 5) is 26.4. The Bertz CT molecular complexity index is 961. The van der Waals surface area contributed by atoms with Gasteiger partial charge in [-0.2, -0.15) is 0 Å². The monoisotopic (exact) mass is 364 g/mol. The number of nitrogens with one attached hydrogen (secondary N) is 2. The Morgan fingerprint density at radius 3 is 2.74 bits per heavy atom. The van der Waals surface area contributed by atoms with Gasteiger partial charge in [0.2, 0.25) is 0 Å². The molecule has 3 rings (SSSR count). The lowest BCUT2D eigenvalue weighted by atomic mass is 10.1. The minimum absolute atomic E-state index is 0.237. The maximum Gasteiger partial charge on any atom is 0.407 e. The zero-order valence-corrected chi connectivity index (χ0v) is 14.9. The SMILES string of the molecule is COC(=O)c1ccc2c(C=CCNC(=O)OCc3ccccc3)c[nH]c2c1. The highest BCUT2D eigenvalue weighted by Crippen LogP contribution is 2.21. The number of esters is 1. The number of H-pyrrole nitrogens is 1. The van der Waals surface area contributed by atoms with E-state index in [2.05, 4.69) is 10.3 Å². The van der Waals surface area contributed by atoms with E-state index in [1.165, 1.54) is 7.11 Å². The average molecular weight is 364 g/mol. The summed E-state index contributed by atoms with van der Waals surface area (Å²) in [5, 5.41) is 3.65. The van der Waals surface area contributed by atoms with E-state index in [-0.39, 0.29) is 12.6 Å². The fourth-order valence-corrected chi connectivity index (χ4v) is 2.63. The van der Waals surface area contributed by atoms with E-state index in [1.54, 1.807) is 12.1 Å². The molecule has 27 heavy (non-hydrogen) atoms. The first kappa shape index (κ1) is 18.3. The number of hydrogen-bond donors (Lipinski definition) is 2. The van der Waals surface area contributed by atoms with Crippen LogP contribution < -0.4 is 5.32 Å². The van der Waals surface area contributed by atoms with Crippen molar-refractivity contribution in [1.82, 2.24) is 10.3 Å². The van der Waals surface area contributed by atoms with E-state index in [0.29, 0.717) is 12.1 Å². The highest BCUT2D eigenvalue weighted by Gasteiger charge is 2.08. The van der Waals surface area contributed by atoms with Crippen molar-refractivity contribution >= 4 is 29.0 Å². The fraction of sp³-hybridized carbons (Fsp3) is 0.143. The van der Waals surface area contributed by atoms with Crippen LogP contribution in [0.1, 0.15) is 21.5 Å². The van der Waals surface area contributed by atoms with Gasteiger partial charge in [0.15, 0.2) is 0 Å². The van der Waals surface area contributed by atoms with Crippen molar-refractivity contribution in [3.8, 4) is 0 Å². The minimum Gasteiger partial charge on any atom is -0.465 e. The van der Waals surface area contributed by atoms with Crippen LogP contribution in [0, 0.1) is 0 Å². The van der Waals surface area contributed by atoms with E-state index >= 15 is 0 Å². The van der Waals surface area contributed by atoms with Gasteiger partial charge in [-0.3, -0.25) is 0 Å². The summed E-state index contributed by atoms with van der Waals surface area (Å²) in [5.41, 5.74) is 3.23. The molecule has 0 atom stereocenters. The van der Waals surface area contributed by atoms with Crippen molar-refractivity contribution < 1.29 is 19.1 Å².